The number of nitrogens with two attached hydrogens (primary N) is 1. The smallest absolute Gasteiger partial charge is 0.257 e. The van der Waals surface area contributed by atoms with Crippen LogP contribution in [0.1, 0.15) is 29.6 Å². The number of amides is 1. The third kappa shape index (κ3) is 3.20. The number of nitrogens with one attached hydrogen (secondary N) is 1. The fraction of sp³-hybridized carbons (Fsp3) is 0.462. The molecule has 0 saturated carbocycles. The number of hydrogen-bond acceptors (Lipinski definition) is 3. The van der Waals surface area contributed by atoms with Crippen molar-refractivity contribution in [3.05, 3.63) is 29.3 Å². The Kier molecular flexibility index (Phi) is 4.31. The number of halogens is 2. The van der Waals surface area contributed by atoms with E-state index in [4.69, 9.17) is 10.5 Å². The van der Waals surface area contributed by atoms with Crippen LogP contribution in [-0.2, 0) is 4.74 Å². The monoisotopic (exact) mass is 270 g/mol. The van der Waals surface area contributed by atoms with Gasteiger partial charge >= 0.3 is 0 Å². The molecule has 0 aromatic heterocycles. The molecule has 1 aromatic carbocycles. The minimum atomic E-state index is -1.03. The molecule has 104 valence electrons. The SMILES string of the molecule is Nc1ccc(F)c(C(=O)NCC2CCCCO2)c1F. The summed E-state index contributed by atoms with van der Waals surface area (Å²) in [6.07, 6.45) is 2.77. The lowest BCUT2D eigenvalue weighted by molar-refractivity contribution is 0.0168. The minimum absolute atomic E-state index is 0.0927. The highest BCUT2D eigenvalue weighted by Gasteiger charge is 2.21. The zero-order valence-corrected chi connectivity index (χ0v) is 10.4. The van der Waals surface area contributed by atoms with E-state index in [1.807, 2.05) is 0 Å². The van der Waals surface area contributed by atoms with E-state index in [0.717, 1.165) is 31.4 Å². The van der Waals surface area contributed by atoms with Crippen LogP contribution < -0.4 is 11.1 Å². The number of benzene rings is 1. The van der Waals surface area contributed by atoms with Crippen LogP contribution in [0.5, 0.6) is 0 Å². The molecule has 0 bridgehead atoms. The van der Waals surface area contributed by atoms with Crippen LogP contribution in [0.2, 0.25) is 0 Å². The Bertz CT molecular complexity index is 474. The fourth-order valence-electron chi connectivity index (χ4n) is 2.04. The predicted octanol–water partition coefficient (Wildman–Crippen LogP) is 1.85. The van der Waals surface area contributed by atoms with Crippen LogP contribution in [0.15, 0.2) is 12.1 Å². The van der Waals surface area contributed by atoms with Gasteiger partial charge in [0.25, 0.3) is 5.91 Å². The van der Waals surface area contributed by atoms with E-state index >= 15 is 0 Å². The lowest BCUT2D eigenvalue weighted by Crippen LogP contribution is -2.36. The van der Waals surface area contributed by atoms with Crippen LogP contribution in [0.3, 0.4) is 0 Å². The van der Waals surface area contributed by atoms with Crippen LogP contribution in [0.4, 0.5) is 14.5 Å². The molecule has 1 fully saturated rings. The van der Waals surface area contributed by atoms with Gasteiger partial charge in [0.15, 0.2) is 5.82 Å². The summed E-state index contributed by atoms with van der Waals surface area (Å²) in [6.45, 7) is 0.897. The summed E-state index contributed by atoms with van der Waals surface area (Å²) in [5.41, 5.74) is 4.43. The fourth-order valence-corrected chi connectivity index (χ4v) is 2.04. The zero-order chi connectivity index (χ0) is 13.8. The molecule has 1 aromatic rings. The maximum Gasteiger partial charge on any atom is 0.257 e. The van der Waals surface area contributed by atoms with E-state index < -0.39 is 23.1 Å². The van der Waals surface area contributed by atoms with Crippen molar-refractivity contribution in [2.75, 3.05) is 18.9 Å². The highest BCUT2D eigenvalue weighted by Crippen LogP contribution is 2.18. The molecule has 2 rings (SSSR count). The van der Waals surface area contributed by atoms with Gasteiger partial charge in [-0.25, -0.2) is 8.78 Å². The van der Waals surface area contributed by atoms with Gasteiger partial charge in [0, 0.05) is 13.2 Å². The standard InChI is InChI=1S/C13H16F2N2O2/c14-9-4-5-10(16)12(15)11(9)13(18)17-7-8-3-1-2-6-19-8/h4-5,8H,1-3,6-7,16H2,(H,17,18). The molecule has 1 heterocycles. The first kappa shape index (κ1) is 13.7. The summed E-state index contributed by atoms with van der Waals surface area (Å²) >= 11 is 0. The Hall–Kier alpha value is -1.69. The number of rotatable bonds is 3. The molecular weight excluding hydrogens is 254 g/mol. The van der Waals surface area contributed by atoms with E-state index in [1.165, 1.54) is 0 Å². The summed E-state index contributed by atoms with van der Waals surface area (Å²) < 4.78 is 32.5. The highest BCUT2D eigenvalue weighted by atomic mass is 19.1. The normalized spacial score (nSPS) is 19.2. The van der Waals surface area contributed by atoms with Crippen LogP contribution in [-0.4, -0.2) is 25.2 Å². The summed E-state index contributed by atoms with van der Waals surface area (Å²) in [7, 11) is 0. The average molecular weight is 270 g/mol. The van der Waals surface area contributed by atoms with Crippen LogP contribution in [0, 0.1) is 11.6 Å². The third-order valence-corrected chi connectivity index (χ3v) is 3.11. The first-order valence-electron chi connectivity index (χ1n) is 6.23. The molecule has 1 aliphatic heterocycles. The molecule has 1 aliphatic rings. The van der Waals surface area contributed by atoms with Gasteiger partial charge in [0.1, 0.15) is 11.4 Å². The molecular formula is C13H16F2N2O2. The lowest BCUT2D eigenvalue weighted by Gasteiger charge is -2.22. The van der Waals surface area contributed by atoms with Crippen molar-refractivity contribution in [1.82, 2.24) is 5.32 Å². The molecule has 1 amide bonds. The van der Waals surface area contributed by atoms with E-state index in [2.05, 4.69) is 5.32 Å². The van der Waals surface area contributed by atoms with Gasteiger partial charge in [0.05, 0.1) is 11.8 Å². The molecule has 0 aliphatic carbocycles. The quantitative estimate of drug-likeness (QED) is 0.824. The van der Waals surface area contributed by atoms with Gasteiger partial charge in [-0.15, -0.1) is 0 Å². The third-order valence-electron chi connectivity index (χ3n) is 3.11. The Balaban J connectivity index is 2.01. The van der Waals surface area contributed by atoms with Crippen LogP contribution >= 0.6 is 0 Å². The van der Waals surface area contributed by atoms with Gasteiger partial charge in [-0.2, -0.15) is 0 Å². The number of nitrogen functional groups attached to an aromatic ring is 1. The zero-order valence-electron chi connectivity index (χ0n) is 10.4. The number of anilines is 1. The maximum atomic E-state index is 13.6. The number of hydrogen-bond donors (Lipinski definition) is 2. The summed E-state index contributed by atoms with van der Waals surface area (Å²) in [5.74, 6) is -2.76. The Morgan fingerprint density at radius 3 is 2.89 bits per heavy atom. The minimum Gasteiger partial charge on any atom is -0.396 e. The molecule has 1 atom stereocenters. The van der Waals surface area contributed by atoms with Gasteiger partial charge in [-0.1, -0.05) is 0 Å². The van der Waals surface area contributed by atoms with Gasteiger partial charge in [-0.05, 0) is 31.4 Å². The van der Waals surface area contributed by atoms with E-state index in [1.54, 1.807) is 0 Å². The summed E-state index contributed by atoms with van der Waals surface area (Å²) in [4.78, 5) is 11.8. The van der Waals surface area contributed by atoms with Gasteiger partial charge < -0.3 is 15.8 Å². The number of carbonyl (C=O) groups is 1. The highest BCUT2D eigenvalue weighted by molar-refractivity contribution is 5.95. The van der Waals surface area contributed by atoms with E-state index in [-0.39, 0.29) is 18.3 Å². The molecule has 3 N–H and O–H groups in total. The second-order valence-electron chi connectivity index (χ2n) is 4.52. The molecule has 0 radical (unpaired) electrons. The number of ether oxygens (including phenoxy) is 1. The average Bonchev–Trinajstić information content (AvgIpc) is 2.42. The number of carbonyl (C=O) groups excluding carboxylic acids is 1. The Morgan fingerprint density at radius 1 is 1.42 bits per heavy atom. The van der Waals surface area contributed by atoms with Crippen molar-refractivity contribution < 1.29 is 18.3 Å². The van der Waals surface area contributed by atoms with Gasteiger partial charge in [-0.3, -0.25) is 4.79 Å². The van der Waals surface area contributed by atoms with Crippen molar-refractivity contribution in [2.45, 2.75) is 25.4 Å². The van der Waals surface area contributed by atoms with E-state index in [9.17, 15) is 13.6 Å². The Labute approximate surface area is 109 Å². The molecule has 19 heavy (non-hydrogen) atoms. The Morgan fingerprint density at radius 2 is 2.21 bits per heavy atom. The van der Waals surface area contributed by atoms with Crippen molar-refractivity contribution in [1.29, 1.82) is 0 Å². The topological polar surface area (TPSA) is 64.4 Å². The van der Waals surface area contributed by atoms with Gasteiger partial charge in [0.2, 0.25) is 0 Å². The second-order valence-corrected chi connectivity index (χ2v) is 4.52. The summed E-state index contributed by atoms with van der Waals surface area (Å²) in [5, 5.41) is 2.48. The maximum absolute atomic E-state index is 13.6. The summed E-state index contributed by atoms with van der Waals surface area (Å²) in [6, 6.07) is 2.07. The largest absolute Gasteiger partial charge is 0.396 e. The second kappa shape index (κ2) is 5.97. The van der Waals surface area contributed by atoms with Crippen molar-refractivity contribution in [2.24, 2.45) is 0 Å². The van der Waals surface area contributed by atoms with E-state index in [0.29, 0.717) is 6.61 Å². The van der Waals surface area contributed by atoms with Crippen molar-refractivity contribution >= 4 is 11.6 Å². The molecule has 4 nitrogen and oxygen atoms in total. The first-order chi connectivity index (χ1) is 9.09. The lowest BCUT2D eigenvalue weighted by atomic mass is 10.1. The molecule has 1 saturated heterocycles. The van der Waals surface area contributed by atoms with Crippen molar-refractivity contribution in [3.8, 4) is 0 Å². The molecule has 0 spiro atoms. The molecule has 6 heteroatoms. The molecule has 1 unspecified atom stereocenters. The first-order valence-corrected chi connectivity index (χ1v) is 6.23. The predicted molar refractivity (Wildman–Crippen MR) is 66.7 cm³/mol. The van der Waals surface area contributed by atoms with Crippen molar-refractivity contribution in [3.63, 3.8) is 0 Å². The van der Waals surface area contributed by atoms with Crippen LogP contribution in [0.25, 0.3) is 0 Å².